The first-order chi connectivity index (χ1) is 12.7. The van der Waals surface area contributed by atoms with E-state index in [-0.39, 0.29) is 12.5 Å². The summed E-state index contributed by atoms with van der Waals surface area (Å²) in [6.45, 7) is 2.19. The van der Waals surface area contributed by atoms with E-state index < -0.39 is 0 Å². The van der Waals surface area contributed by atoms with Crippen LogP contribution in [0.3, 0.4) is 0 Å². The van der Waals surface area contributed by atoms with Gasteiger partial charge >= 0.3 is 5.97 Å². The summed E-state index contributed by atoms with van der Waals surface area (Å²) < 4.78 is 5.47. The Kier molecular flexibility index (Phi) is 6.90. The molecule has 0 amide bonds. The molecule has 1 aromatic rings. The molecule has 26 heavy (non-hydrogen) atoms. The van der Waals surface area contributed by atoms with Gasteiger partial charge in [0, 0.05) is 0 Å². The van der Waals surface area contributed by atoms with Gasteiger partial charge in [-0.05, 0) is 73.5 Å². The Hall–Kier alpha value is -1.61. The van der Waals surface area contributed by atoms with Crippen molar-refractivity contribution in [2.45, 2.75) is 64.7 Å². The summed E-state index contributed by atoms with van der Waals surface area (Å²) in [4.78, 5) is 11.6. The lowest BCUT2D eigenvalue weighted by molar-refractivity contribution is -0.132. The SMILES string of the molecule is CCCCCC/C=C/C1CC[C@@H]2Cc3c(cccc3OC(=O)CN)C[C@H]12. The number of carbonyl (C=O) groups is 1. The molecule has 2 N–H and O–H groups in total. The Balaban J connectivity index is 1.62. The van der Waals surface area contributed by atoms with E-state index in [2.05, 4.69) is 25.1 Å². The number of hydrogen-bond donors (Lipinski definition) is 1. The molecule has 1 unspecified atom stereocenters. The molecule has 0 spiro atoms. The van der Waals surface area contributed by atoms with Gasteiger partial charge in [0.25, 0.3) is 0 Å². The van der Waals surface area contributed by atoms with Crippen molar-refractivity contribution in [1.29, 1.82) is 0 Å². The zero-order chi connectivity index (χ0) is 18.4. The van der Waals surface area contributed by atoms with Crippen molar-refractivity contribution < 1.29 is 9.53 Å². The first kappa shape index (κ1) is 19.2. The van der Waals surface area contributed by atoms with Gasteiger partial charge < -0.3 is 10.5 Å². The van der Waals surface area contributed by atoms with Gasteiger partial charge in [-0.15, -0.1) is 0 Å². The molecule has 2 aliphatic carbocycles. The third kappa shape index (κ3) is 4.56. The quantitative estimate of drug-likeness (QED) is 0.315. The van der Waals surface area contributed by atoms with Gasteiger partial charge in [0.1, 0.15) is 5.75 Å². The van der Waals surface area contributed by atoms with Crippen LogP contribution < -0.4 is 10.5 Å². The highest BCUT2D eigenvalue weighted by molar-refractivity contribution is 5.74. The molecule has 3 atom stereocenters. The largest absolute Gasteiger partial charge is 0.425 e. The summed E-state index contributed by atoms with van der Waals surface area (Å²) in [5.41, 5.74) is 8.00. The van der Waals surface area contributed by atoms with Gasteiger partial charge in [-0.25, -0.2) is 0 Å². The van der Waals surface area contributed by atoms with E-state index in [1.165, 1.54) is 56.1 Å². The van der Waals surface area contributed by atoms with Crippen LogP contribution in [0.1, 0.15) is 63.0 Å². The Morgan fingerprint density at radius 1 is 1.23 bits per heavy atom. The third-order valence-corrected chi connectivity index (χ3v) is 6.18. The minimum atomic E-state index is -0.351. The highest BCUT2D eigenvalue weighted by Gasteiger charge is 2.38. The van der Waals surface area contributed by atoms with E-state index in [0.29, 0.717) is 0 Å². The van der Waals surface area contributed by atoms with E-state index in [1.54, 1.807) is 0 Å². The van der Waals surface area contributed by atoms with E-state index >= 15 is 0 Å². The number of unbranched alkanes of at least 4 members (excludes halogenated alkanes) is 4. The summed E-state index contributed by atoms with van der Waals surface area (Å²) in [7, 11) is 0. The Bertz CT molecular complexity index is 637. The molecule has 3 heteroatoms. The van der Waals surface area contributed by atoms with Crippen molar-refractivity contribution in [3.8, 4) is 5.75 Å². The summed E-state index contributed by atoms with van der Waals surface area (Å²) in [6, 6.07) is 6.12. The van der Waals surface area contributed by atoms with Gasteiger partial charge in [0.15, 0.2) is 0 Å². The number of benzene rings is 1. The molecule has 0 saturated heterocycles. The molecule has 2 aliphatic rings. The van der Waals surface area contributed by atoms with Crippen LogP contribution in [-0.4, -0.2) is 12.5 Å². The molecule has 142 valence electrons. The molecule has 1 fully saturated rings. The van der Waals surface area contributed by atoms with Crippen LogP contribution in [0.2, 0.25) is 0 Å². The molecular weight excluding hydrogens is 322 g/mol. The van der Waals surface area contributed by atoms with Crippen LogP contribution in [0.5, 0.6) is 5.75 Å². The first-order valence-corrected chi connectivity index (χ1v) is 10.4. The average Bonchev–Trinajstić information content (AvgIpc) is 3.05. The minimum absolute atomic E-state index is 0.0686. The topological polar surface area (TPSA) is 52.3 Å². The van der Waals surface area contributed by atoms with Crippen LogP contribution in [0, 0.1) is 17.8 Å². The maximum absolute atomic E-state index is 11.6. The third-order valence-electron chi connectivity index (χ3n) is 6.18. The summed E-state index contributed by atoms with van der Waals surface area (Å²) >= 11 is 0. The number of carbonyl (C=O) groups excluding carboxylic acids is 1. The molecular formula is C23H33NO2. The van der Waals surface area contributed by atoms with Crippen LogP contribution in [-0.2, 0) is 17.6 Å². The van der Waals surface area contributed by atoms with Gasteiger partial charge in [0.2, 0.25) is 0 Å². The second kappa shape index (κ2) is 9.36. The average molecular weight is 356 g/mol. The predicted octanol–water partition coefficient (Wildman–Crippen LogP) is 4.82. The fourth-order valence-electron chi connectivity index (χ4n) is 4.76. The molecule has 0 radical (unpaired) electrons. The normalized spacial score (nSPS) is 24.5. The van der Waals surface area contributed by atoms with Crippen LogP contribution in [0.15, 0.2) is 30.4 Å². The Morgan fingerprint density at radius 2 is 2.12 bits per heavy atom. The van der Waals surface area contributed by atoms with Crippen molar-refractivity contribution in [2.75, 3.05) is 6.54 Å². The van der Waals surface area contributed by atoms with E-state index in [9.17, 15) is 4.79 Å². The summed E-state index contributed by atoms with van der Waals surface area (Å²) in [5, 5.41) is 0. The number of allylic oxidation sites excluding steroid dienone is 2. The van der Waals surface area contributed by atoms with Crippen molar-refractivity contribution in [3.05, 3.63) is 41.5 Å². The lowest BCUT2D eigenvalue weighted by Crippen LogP contribution is -2.26. The van der Waals surface area contributed by atoms with Gasteiger partial charge in [0.05, 0.1) is 6.54 Å². The number of nitrogens with two attached hydrogens (primary N) is 1. The number of fused-ring (bicyclic) bond motifs is 2. The van der Waals surface area contributed by atoms with Crippen LogP contribution in [0.4, 0.5) is 0 Å². The molecule has 3 rings (SSSR count). The van der Waals surface area contributed by atoms with E-state index in [0.717, 1.165) is 36.3 Å². The highest BCUT2D eigenvalue weighted by Crippen LogP contribution is 2.47. The Morgan fingerprint density at radius 3 is 2.92 bits per heavy atom. The molecule has 1 saturated carbocycles. The standard InChI is InChI=1S/C23H33NO2/c1-2-3-4-5-6-7-9-17-12-13-19-15-21-18(14-20(17)19)10-8-11-22(21)26-23(25)16-24/h7-11,17,19-20H,2-6,12-16,24H2,1H3/b9-7+/t17?,19-,20-/m1/s1. The van der Waals surface area contributed by atoms with Crippen molar-refractivity contribution in [2.24, 2.45) is 23.5 Å². The highest BCUT2D eigenvalue weighted by atomic mass is 16.5. The van der Waals surface area contributed by atoms with E-state index in [1.807, 2.05) is 12.1 Å². The molecule has 1 aromatic carbocycles. The van der Waals surface area contributed by atoms with Crippen LogP contribution >= 0.6 is 0 Å². The lowest BCUT2D eigenvalue weighted by atomic mass is 9.74. The van der Waals surface area contributed by atoms with Crippen LogP contribution in [0.25, 0.3) is 0 Å². The number of rotatable bonds is 8. The summed E-state index contributed by atoms with van der Waals surface area (Å²) in [5.74, 6) is 2.56. The number of esters is 1. The van der Waals surface area contributed by atoms with Crippen molar-refractivity contribution in [1.82, 2.24) is 0 Å². The Labute approximate surface area is 158 Å². The molecule has 0 heterocycles. The second-order valence-electron chi connectivity index (χ2n) is 7.92. The van der Waals surface area contributed by atoms with Crippen molar-refractivity contribution >= 4 is 5.97 Å². The first-order valence-electron chi connectivity index (χ1n) is 10.4. The van der Waals surface area contributed by atoms with Gasteiger partial charge in [-0.2, -0.15) is 0 Å². The monoisotopic (exact) mass is 355 g/mol. The minimum Gasteiger partial charge on any atom is -0.425 e. The molecule has 3 nitrogen and oxygen atoms in total. The van der Waals surface area contributed by atoms with E-state index in [4.69, 9.17) is 10.5 Å². The van der Waals surface area contributed by atoms with Gasteiger partial charge in [-0.3, -0.25) is 4.79 Å². The molecule has 0 bridgehead atoms. The second-order valence-corrected chi connectivity index (χ2v) is 7.92. The lowest BCUT2D eigenvalue weighted by Gasteiger charge is -2.31. The zero-order valence-electron chi connectivity index (χ0n) is 16.1. The molecule has 0 aliphatic heterocycles. The maximum atomic E-state index is 11.6. The fourth-order valence-corrected chi connectivity index (χ4v) is 4.76. The molecule has 0 aromatic heterocycles. The van der Waals surface area contributed by atoms with Gasteiger partial charge in [-0.1, -0.05) is 50.5 Å². The van der Waals surface area contributed by atoms with Crippen molar-refractivity contribution in [3.63, 3.8) is 0 Å². The summed E-state index contributed by atoms with van der Waals surface area (Å²) in [6.07, 6.45) is 16.2. The fraction of sp³-hybridized carbons (Fsp3) is 0.609. The maximum Gasteiger partial charge on any atom is 0.325 e. The number of hydrogen-bond acceptors (Lipinski definition) is 3. The number of ether oxygens (including phenoxy) is 1. The smallest absolute Gasteiger partial charge is 0.325 e. The zero-order valence-corrected chi connectivity index (χ0v) is 16.1. The predicted molar refractivity (Wildman–Crippen MR) is 106 cm³/mol.